The third-order valence-corrected chi connectivity index (χ3v) is 7.87. The van der Waals surface area contributed by atoms with Crippen molar-refractivity contribution in [2.24, 2.45) is 5.10 Å². The molecule has 0 saturated heterocycles. The second kappa shape index (κ2) is 11.9. The van der Waals surface area contributed by atoms with Crippen LogP contribution in [0.1, 0.15) is 11.1 Å². The van der Waals surface area contributed by atoms with Crippen molar-refractivity contribution in [2.45, 2.75) is 6.92 Å². The summed E-state index contributed by atoms with van der Waals surface area (Å²) in [6, 6.07) is 33.6. The van der Waals surface area contributed by atoms with Crippen molar-refractivity contribution in [3.8, 4) is 17.3 Å². The number of anilines is 1. The SMILES string of the molecule is Cc1ccc(NC(=O)COc2ccc3ccccc3c2C=Nn2c(-c3cc4cc(Br)ccc4o3)nc3ccccc3c2=O)cc1. The summed E-state index contributed by atoms with van der Waals surface area (Å²) in [6.45, 7) is 1.77. The smallest absolute Gasteiger partial charge is 0.282 e. The second-order valence-electron chi connectivity index (χ2n) is 10.5. The molecular weight excluding hydrogens is 632 g/mol. The molecule has 9 heteroatoms. The molecule has 7 rings (SSSR count). The molecule has 0 saturated carbocycles. The number of ether oxygens (including phenoxy) is 1. The molecule has 0 aliphatic rings. The lowest BCUT2D eigenvalue weighted by Crippen LogP contribution is -2.21. The number of rotatable bonds is 7. The fourth-order valence-corrected chi connectivity index (χ4v) is 5.52. The first kappa shape index (κ1) is 28.2. The van der Waals surface area contributed by atoms with Crippen LogP contribution in [0.4, 0.5) is 5.69 Å². The molecule has 2 aromatic heterocycles. The number of hydrogen-bond acceptors (Lipinski definition) is 6. The van der Waals surface area contributed by atoms with Gasteiger partial charge in [0.1, 0.15) is 11.3 Å². The highest BCUT2D eigenvalue weighted by Crippen LogP contribution is 2.30. The van der Waals surface area contributed by atoms with Gasteiger partial charge in [0.25, 0.3) is 11.5 Å². The van der Waals surface area contributed by atoms with Gasteiger partial charge < -0.3 is 14.5 Å². The van der Waals surface area contributed by atoms with Crippen molar-refractivity contribution in [2.75, 3.05) is 11.9 Å². The van der Waals surface area contributed by atoms with Gasteiger partial charge in [-0.1, -0.05) is 76.1 Å². The van der Waals surface area contributed by atoms with Gasteiger partial charge in [-0.3, -0.25) is 9.59 Å². The van der Waals surface area contributed by atoms with Crippen molar-refractivity contribution in [3.05, 3.63) is 135 Å². The molecule has 7 aromatic rings. The van der Waals surface area contributed by atoms with Crippen LogP contribution in [-0.2, 0) is 4.79 Å². The average Bonchev–Trinajstić information content (AvgIpc) is 3.47. The molecule has 45 heavy (non-hydrogen) atoms. The second-order valence-corrected chi connectivity index (χ2v) is 11.4. The summed E-state index contributed by atoms with van der Waals surface area (Å²) in [7, 11) is 0. The van der Waals surface area contributed by atoms with Crippen LogP contribution in [0.5, 0.6) is 5.75 Å². The van der Waals surface area contributed by atoms with E-state index in [1.807, 2.05) is 91.9 Å². The van der Waals surface area contributed by atoms with Gasteiger partial charge in [-0.15, -0.1) is 0 Å². The minimum Gasteiger partial charge on any atom is -0.483 e. The molecular formula is C36H25BrN4O4. The zero-order chi connectivity index (χ0) is 30.9. The van der Waals surface area contributed by atoms with E-state index in [4.69, 9.17) is 14.1 Å². The van der Waals surface area contributed by atoms with Crippen molar-refractivity contribution < 1.29 is 13.9 Å². The third-order valence-electron chi connectivity index (χ3n) is 7.38. The van der Waals surface area contributed by atoms with Gasteiger partial charge in [-0.2, -0.15) is 9.78 Å². The molecule has 0 aliphatic carbocycles. The molecule has 0 bridgehead atoms. The fourth-order valence-electron chi connectivity index (χ4n) is 5.14. The molecule has 0 radical (unpaired) electrons. The molecule has 0 aliphatic heterocycles. The number of hydrogen-bond donors (Lipinski definition) is 1. The van der Waals surface area contributed by atoms with Gasteiger partial charge in [0, 0.05) is 21.1 Å². The minimum atomic E-state index is -0.353. The van der Waals surface area contributed by atoms with E-state index in [1.54, 1.807) is 30.5 Å². The van der Waals surface area contributed by atoms with Crippen molar-refractivity contribution in [1.29, 1.82) is 0 Å². The summed E-state index contributed by atoms with van der Waals surface area (Å²) in [5, 5.41) is 10.6. The van der Waals surface area contributed by atoms with Gasteiger partial charge in [0.05, 0.1) is 17.1 Å². The van der Waals surface area contributed by atoms with Gasteiger partial charge in [-0.25, -0.2) is 4.98 Å². The first-order valence-electron chi connectivity index (χ1n) is 14.2. The van der Waals surface area contributed by atoms with E-state index in [9.17, 15) is 9.59 Å². The number of furan rings is 1. The Morgan fingerprint density at radius 1 is 0.933 bits per heavy atom. The molecule has 0 unspecified atom stereocenters. The number of fused-ring (bicyclic) bond motifs is 3. The van der Waals surface area contributed by atoms with E-state index in [2.05, 4.69) is 26.3 Å². The Balaban J connectivity index is 1.30. The van der Waals surface area contributed by atoms with E-state index >= 15 is 0 Å². The molecule has 5 aromatic carbocycles. The van der Waals surface area contributed by atoms with Crippen LogP contribution in [0.15, 0.2) is 128 Å². The van der Waals surface area contributed by atoms with Gasteiger partial charge >= 0.3 is 0 Å². The molecule has 220 valence electrons. The Bertz CT molecular complexity index is 2320. The highest BCUT2D eigenvalue weighted by atomic mass is 79.9. The molecule has 0 fully saturated rings. The molecule has 0 spiro atoms. The van der Waals surface area contributed by atoms with Crippen LogP contribution in [0.2, 0.25) is 0 Å². The average molecular weight is 658 g/mol. The summed E-state index contributed by atoms with van der Waals surface area (Å²) in [6.07, 6.45) is 1.57. The summed E-state index contributed by atoms with van der Waals surface area (Å²) in [5.74, 6) is 0.782. The monoisotopic (exact) mass is 656 g/mol. The van der Waals surface area contributed by atoms with E-state index in [0.29, 0.717) is 39.2 Å². The lowest BCUT2D eigenvalue weighted by molar-refractivity contribution is -0.118. The number of nitrogens with zero attached hydrogens (tertiary/aromatic N) is 3. The van der Waals surface area contributed by atoms with Crippen molar-refractivity contribution in [1.82, 2.24) is 9.66 Å². The van der Waals surface area contributed by atoms with Crippen LogP contribution in [0.25, 0.3) is 44.2 Å². The highest BCUT2D eigenvalue weighted by molar-refractivity contribution is 9.10. The maximum absolute atomic E-state index is 13.8. The first-order chi connectivity index (χ1) is 21.9. The number of halogens is 1. The molecule has 0 atom stereocenters. The van der Waals surface area contributed by atoms with Crippen LogP contribution in [0, 0.1) is 6.92 Å². The Morgan fingerprint density at radius 2 is 1.71 bits per heavy atom. The molecule has 8 nitrogen and oxygen atoms in total. The van der Waals surface area contributed by atoms with E-state index in [0.717, 1.165) is 26.2 Å². The van der Waals surface area contributed by atoms with Gasteiger partial charge in [0.15, 0.2) is 12.4 Å². The van der Waals surface area contributed by atoms with Crippen LogP contribution >= 0.6 is 15.9 Å². The number of benzene rings is 5. The van der Waals surface area contributed by atoms with Crippen LogP contribution < -0.4 is 15.6 Å². The number of para-hydroxylation sites is 1. The summed E-state index contributed by atoms with van der Waals surface area (Å²) < 4.78 is 14.3. The first-order valence-corrected chi connectivity index (χ1v) is 15.0. The van der Waals surface area contributed by atoms with Gasteiger partial charge in [0.2, 0.25) is 5.82 Å². The Labute approximate surface area is 265 Å². The van der Waals surface area contributed by atoms with E-state index in [-0.39, 0.29) is 23.9 Å². The van der Waals surface area contributed by atoms with Crippen molar-refractivity contribution >= 4 is 66.4 Å². The van der Waals surface area contributed by atoms with E-state index in [1.165, 1.54) is 4.68 Å². The Kier molecular flexibility index (Phi) is 7.44. The lowest BCUT2D eigenvalue weighted by Gasteiger charge is -2.13. The Morgan fingerprint density at radius 3 is 2.56 bits per heavy atom. The van der Waals surface area contributed by atoms with Crippen LogP contribution in [-0.4, -0.2) is 28.4 Å². The number of aromatic nitrogens is 2. The third kappa shape index (κ3) is 5.73. The Hall–Kier alpha value is -5.54. The predicted molar refractivity (Wildman–Crippen MR) is 181 cm³/mol. The maximum Gasteiger partial charge on any atom is 0.282 e. The quantitative estimate of drug-likeness (QED) is 0.176. The standard InChI is InChI=1S/C36H25BrN4O4/c1-22-10-14-26(15-11-22)39-34(42)21-44-32-16-12-23-6-2-3-7-27(23)29(32)20-38-41-35(40-30-9-5-4-8-28(30)36(41)43)33-19-24-18-25(37)13-17-31(24)45-33/h2-20H,21H2,1H3,(H,39,42). The highest BCUT2D eigenvalue weighted by Gasteiger charge is 2.17. The normalized spacial score (nSPS) is 11.5. The number of amides is 1. The predicted octanol–water partition coefficient (Wildman–Crippen LogP) is 7.93. The minimum absolute atomic E-state index is 0.218. The molecule has 2 heterocycles. The largest absolute Gasteiger partial charge is 0.483 e. The summed E-state index contributed by atoms with van der Waals surface area (Å²) >= 11 is 3.50. The topological polar surface area (TPSA) is 98.7 Å². The fraction of sp³-hybridized carbons (Fsp3) is 0.0556. The zero-order valence-corrected chi connectivity index (χ0v) is 25.6. The van der Waals surface area contributed by atoms with Crippen molar-refractivity contribution in [3.63, 3.8) is 0 Å². The number of carbonyl (C=O) groups excluding carboxylic acids is 1. The molecule has 1 amide bonds. The summed E-state index contributed by atoms with van der Waals surface area (Å²) in [4.78, 5) is 31.4. The number of carbonyl (C=O) groups is 1. The number of aryl methyl sites for hydroxylation is 1. The number of nitrogens with one attached hydrogen (secondary N) is 1. The zero-order valence-electron chi connectivity index (χ0n) is 24.0. The maximum atomic E-state index is 13.8. The van der Waals surface area contributed by atoms with Gasteiger partial charge in [-0.05, 0) is 72.3 Å². The van der Waals surface area contributed by atoms with Crippen LogP contribution in [0.3, 0.4) is 0 Å². The molecule has 1 N–H and O–H groups in total. The van der Waals surface area contributed by atoms with E-state index < -0.39 is 0 Å². The summed E-state index contributed by atoms with van der Waals surface area (Å²) in [5.41, 5.74) is 3.22. The lowest BCUT2D eigenvalue weighted by atomic mass is 10.0.